The van der Waals surface area contributed by atoms with Crippen LogP contribution in [0.2, 0.25) is 0 Å². The lowest BCUT2D eigenvalue weighted by atomic mass is 9.66. The molecule has 3 aliphatic rings. The molecule has 2 saturated carbocycles. The molecule has 0 bridgehead atoms. The fraction of sp³-hybridized carbons (Fsp3) is 0.952. The van der Waals surface area contributed by atoms with Gasteiger partial charge in [-0.3, -0.25) is 0 Å². The van der Waals surface area contributed by atoms with E-state index in [1.165, 1.54) is 102 Å². The maximum Gasteiger partial charge on any atom is 0.246 e. The van der Waals surface area contributed by atoms with Crippen molar-refractivity contribution in [1.82, 2.24) is 0 Å². The van der Waals surface area contributed by atoms with Gasteiger partial charge in [-0.05, 0) is 38.5 Å². The van der Waals surface area contributed by atoms with Crippen LogP contribution < -0.4 is 0 Å². The minimum atomic E-state index is 0.255. The molecule has 24 heavy (non-hydrogen) atoms. The van der Waals surface area contributed by atoms with E-state index in [-0.39, 0.29) is 5.54 Å². The molecule has 0 aromatic carbocycles. The molecule has 138 valence electrons. The lowest BCUT2D eigenvalue weighted by molar-refractivity contribution is 0.00299. The molecule has 0 aromatic rings. The largest absolute Gasteiger partial charge is 0.469 e. The lowest BCUT2D eigenvalue weighted by Gasteiger charge is -2.49. The molecule has 2 aliphatic carbocycles. The highest BCUT2D eigenvalue weighted by Crippen LogP contribution is 2.48. The van der Waals surface area contributed by atoms with E-state index < -0.39 is 0 Å². The summed E-state index contributed by atoms with van der Waals surface area (Å²) in [5.41, 5.74) is 0.255. The van der Waals surface area contributed by atoms with Gasteiger partial charge in [0, 0.05) is 11.7 Å². The molecule has 1 heterocycles. The zero-order chi connectivity index (χ0) is 16.7. The second kappa shape index (κ2) is 9.50. The Kier molecular flexibility index (Phi) is 7.36. The van der Waals surface area contributed by atoms with Crippen molar-refractivity contribution in [2.24, 2.45) is 10.9 Å². The van der Waals surface area contributed by atoms with Gasteiger partial charge in [0.25, 0.3) is 0 Å². The van der Waals surface area contributed by atoms with Crippen molar-refractivity contribution >= 4 is 17.0 Å². The molecular weight excluding hydrogens is 314 g/mol. The van der Waals surface area contributed by atoms with Crippen molar-refractivity contribution in [3.05, 3.63) is 0 Å². The van der Waals surface area contributed by atoms with Crippen LogP contribution in [0, 0.1) is 5.92 Å². The summed E-state index contributed by atoms with van der Waals surface area (Å²) in [6.45, 7) is 2.29. The quantitative estimate of drug-likeness (QED) is 0.474. The molecule has 0 N–H and O–H groups in total. The molecule has 1 aliphatic heterocycles. The van der Waals surface area contributed by atoms with Gasteiger partial charge in [-0.15, -0.1) is 0 Å². The number of unbranched alkanes of at least 4 members (excludes halogenated alkanes) is 5. The minimum absolute atomic E-state index is 0.255. The zero-order valence-corrected chi connectivity index (χ0v) is 16.5. The molecule has 0 aromatic heterocycles. The molecular formula is C21H37NOS. The van der Waals surface area contributed by atoms with E-state index in [0.29, 0.717) is 12.0 Å². The summed E-state index contributed by atoms with van der Waals surface area (Å²) in [7, 11) is 0. The van der Waals surface area contributed by atoms with Gasteiger partial charge in [-0.25, -0.2) is 4.99 Å². The normalized spacial score (nSPS) is 29.0. The van der Waals surface area contributed by atoms with Crippen LogP contribution in [0.4, 0.5) is 0 Å². The van der Waals surface area contributed by atoms with E-state index >= 15 is 0 Å². The van der Waals surface area contributed by atoms with E-state index in [1.807, 2.05) is 11.8 Å². The van der Waals surface area contributed by atoms with Gasteiger partial charge in [0.1, 0.15) is 6.10 Å². The molecule has 0 saturated heterocycles. The number of aliphatic imine (C=N–C) groups is 1. The number of ether oxygens (including phenoxy) is 1. The van der Waals surface area contributed by atoms with Crippen LogP contribution in [0.5, 0.6) is 0 Å². The summed E-state index contributed by atoms with van der Waals surface area (Å²) in [6, 6.07) is 0. The zero-order valence-electron chi connectivity index (χ0n) is 15.7. The van der Waals surface area contributed by atoms with Gasteiger partial charge in [0.2, 0.25) is 5.23 Å². The van der Waals surface area contributed by atoms with Crippen molar-refractivity contribution in [1.29, 1.82) is 0 Å². The Bertz CT molecular complexity index is 403. The van der Waals surface area contributed by atoms with Crippen molar-refractivity contribution in [2.75, 3.05) is 5.75 Å². The Hall–Kier alpha value is -0.180. The predicted molar refractivity (Wildman–Crippen MR) is 106 cm³/mol. The van der Waals surface area contributed by atoms with Crippen LogP contribution in [0.1, 0.15) is 103 Å². The third-order valence-corrected chi connectivity index (χ3v) is 7.33. The van der Waals surface area contributed by atoms with Crippen molar-refractivity contribution in [3.8, 4) is 0 Å². The fourth-order valence-electron chi connectivity index (χ4n) is 5.03. The predicted octanol–water partition coefficient (Wildman–Crippen LogP) is 6.73. The van der Waals surface area contributed by atoms with E-state index in [2.05, 4.69) is 6.92 Å². The van der Waals surface area contributed by atoms with Gasteiger partial charge < -0.3 is 4.74 Å². The molecule has 2 nitrogen and oxygen atoms in total. The van der Waals surface area contributed by atoms with Gasteiger partial charge >= 0.3 is 0 Å². The Morgan fingerprint density at radius 3 is 2.54 bits per heavy atom. The van der Waals surface area contributed by atoms with Crippen LogP contribution in [0.3, 0.4) is 0 Å². The second-order valence-corrected chi connectivity index (χ2v) is 9.25. The van der Waals surface area contributed by atoms with Crippen LogP contribution in [-0.2, 0) is 4.74 Å². The van der Waals surface area contributed by atoms with E-state index in [4.69, 9.17) is 9.73 Å². The van der Waals surface area contributed by atoms with Gasteiger partial charge in [0.05, 0.1) is 5.54 Å². The number of hydrogen-bond donors (Lipinski definition) is 0. The Morgan fingerprint density at radius 2 is 1.71 bits per heavy atom. The van der Waals surface area contributed by atoms with Gasteiger partial charge in [-0.1, -0.05) is 76.5 Å². The smallest absolute Gasteiger partial charge is 0.246 e. The van der Waals surface area contributed by atoms with Crippen molar-refractivity contribution < 1.29 is 4.74 Å². The van der Waals surface area contributed by atoms with Crippen LogP contribution in [0.15, 0.2) is 4.99 Å². The number of hydrogen-bond acceptors (Lipinski definition) is 3. The summed E-state index contributed by atoms with van der Waals surface area (Å²) < 4.78 is 6.38. The fourth-order valence-corrected chi connectivity index (χ4v) is 5.99. The summed E-state index contributed by atoms with van der Waals surface area (Å²) in [5, 5.41) is 1.05. The molecule has 3 rings (SSSR count). The first-order valence-electron chi connectivity index (χ1n) is 10.7. The molecule has 1 spiro atoms. The summed E-state index contributed by atoms with van der Waals surface area (Å²) >= 11 is 1.91. The van der Waals surface area contributed by atoms with Crippen molar-refractivity contribution in [2.45, 2.75) is 115 Å². The number of fused-ring (bicyclic) bond motifs is 2. The van der Waals surface area contributed by atoms with Gasteiger partial charge in [0.15, 0.2) is 0 Å². The third-order valence-electron chi connectivity index (χ3n) is 6.40. The van der Waals surface area contributed by atoms with E-state index in [9.17, 15) is 0 Å². The maximum absolute atomic E-state index is 6.38. The monoisotopic (exact) mass is 351 g/mol. The number of thioether (sulfide) groups is 1. The minimum Gasteiger partial charge on any atom is -0.469 e. The standard InChI is InChI=1S/C21H37NOS/c1-2-3-4-5-6-12-17-24-20-22-21(15-10-7-11-16-21)18-13-8-9-14-19(18)23-20/h18-19H,2-17H2,1H3/t18-,19-/m1/s1. The summed E-state index contributed by atoms with van der Waals surface area (Å²) in [4.78, 5) is 5.26. The molecule has 2 fully saturated rings. The van der Waals surface area contributed by atoms with Crippen LogP contribution in [-0.4, -0.2) is 22.6 Å². The molecule has 0 radical (unpaired) electrons. The number of rotatable bonds is 7. The average molecular weight is 352 g/mol. The lowest BCUT2D eigenvalue weighted by Crippen LogP contribution is -2.51. The van der Waals surface area contributed by atoms with Crippen LogP contribution in [0.25, 0.3) is 0 Å². The first-order valence-corrected chi connectivity index (χ1v) is 11.7. The SMILES string of the molecule is CCCCCCCCSC1=NC2(CCCCC2)[C@@H]2CCCC[C@H]2O1. The topological polar surface area (TPSA) is 21.6 Å². The Morgan fingerprint density at radius 1 is 0.958 bits per heavy atom. The molecule has 3 heteroatoms. The van der Waals surface area contributed by atoms with Gasteiger partial charge in [-0.2, -0.15) is 0 Å². The highest BCUT2D eigenvalue weighted by atomic mass is 32.2. The molecule has 0 unspecified atom stereocenters. The Balaban J connectivity index is 1.52. The maximum atomic E-state index is 6.38. The van der Waals surface area contributed by atoms with Crippen molar-refractivity contribution in [3.63, 3.8) is 0 Å². The number of nitrogens with zero attached hydrogens (tertiary/aromatic N) is 1. The Labute approximate surface area is 153 Å². The second-order valence-electron chi connectivity index (χ2n) is 8.21. The molecule has 0 amide bonds. The van der Waals surface area contributed by atoms with Crippen LogP contribution >= 0.6 is 11.8 Å². The third kappa shape index (κ3) is 4.71. The highest BCUT2D eigenvalue weighted by molar-refractivity contribution is 8.13. The summed E-state index contributed by atoms with van der Waals surface area (Å²) in [5.74, 6) is 1.91. The summed E-state index contributed by atoms with van der Waals surface area (Å²) in [6.07, 6.45) is 20.9. The highest BCUT2D eigenvalue weighted by Gasteiger charge is 2.48. The average Bonchev–Trinajstić information content (AvgIpc) is 2.62. The van der Waals surface area contributed by atoms with E-state index in [0.717, 1.165) is 5.23 Å². The molecule has 2 atom stereocenters. The van der Waals surface area contributed by atoms with E-state index in [1.54, 1.807) is 0 Å². The first kappa shape index (κ1) is 18.6. The first-order chi connectivity index (χ1) is 11.8.